The summed E-state index contributed by atoms with van der Waals surface area (Å²) < 4.78 is 31.5. The summed E-state index contributed by atoms with van der Waals surface area (Å²) in [5.41, 5.74) is 2.97. The van der Waals surface area contributed by atoms with Crippen LogP contribution in [0, 0.1) is 0 Å². The van der Waals surface area contributed by atoms with Crippen LogP contribution in [0.25, 0.3) is 0 Å². The number of piperidine rings is 1. The van der Waals surface area contributed by atoms with E-state index in [4.69, 9.17) is 4.74 Å². The molecule has 1 aromatic heterocycles. The SMILES string of the molecule is COc1cc(N2CCC(N3CC[P](C)(O)CC3)CC2)ccc1Nc1cc(Nc2ccccc2S(=O)(=O)C(C)C)cnn1. The summed E-state index contributed by atoms with van der Waals surface area (Å²) in [5.74, 6) is 1.20. The number of nitrogens with one attached hydrogen (secondary N) is 2. The highest BCUT2D eigenvalue weighted by Crippen LogP contribution is 2.52. The van der Waals surface area contributed by atoms with Crippen molar-refractivity contribution in [2.75, 3.05) is 67.8 Å². The monoisotopic (exact) mass is 613 g/mol. The molecule has 10 nitrogen and oxygen atoms in total. The van der Waals surface area contributed by atoms with Crippen molar-refractivity contribution in [3.05, 3.63) is 54.7 Å². The molecule has 0 amide bonds. The van der Waals surface area contributed by atoms with Gasteiger partial charge in [0, 0.05) is 50.0 Å². The van der Waals surface area contributed by atoms with Gasteiger partial charge in [-0.15, -0.1) is 5.10 Å². The zero-order chi connectivity index (χ0) is 29.9. The van der Waals surface area contributed by atoms with Crippen LogP contribution < -0.4 is 20.3 Å². The van der Waals surface area contributed by atoms with Crippen LogP contribution in [0.5, 0.6) is 5.75 Å². The van der Waals surface area contributed by atoms with Crippen LogP contribution in [0.15, 0.2) is 59.6 Å². The van der Waals surface area contributed by atoms with Gasteiger partial charge in [0.15, 0.2) is 15.7 Å². The summed E-state index contributed by atoms with van der Waals surface area (Å²) in [4.78, 5) is 15.6. The molecule has 3 N–H and O–H groups in total. The molecule has 1 radical (unpaired) electrons. The number of benzene rings is 2. The number of para-hydroxylation sites is 1. The Morgan fingerprint density at radius 1 is 1.00 bits per heavy atom. The van der Waals surface area contributed by atoms with Gasteiger partial charge in [-0.2, -0.15) is 5.10 Å². The molecule has 0 saturated carbocycles. The molecule has 42 heavy (non-hydrogen) atoms. The molecule has 2 aliphatic rings. The van der Waals surface area contributed by atoms with Crippen molar-refractivity contribution in [2.45, 2.75) is 42.9 Å². The average molecular weight is 614 g/mol. The molecule has 3 aromatic rings. The van der Waals surface area contributed by atoms with Gasteiger partial charge in [-0.1, -0.05) is 12.1 Å². The molecular formula is C30H42N6O4PS. The lowest BCUT2D eigenvalue weighted by Gasteiger charge is -2.44. The molecule has 227 valence electrons. The van der Waals surface area contributed by atoms with Gasteiger partial charge in [-0.05, 0) is 77.4 Å². The van der Waals surface area contributed by atoms with Gasteiger partial charge >= 0.3 is 0 Å². The minimum absolute atomic E-state index is 0.248. The first-order valence-electron chi connectivity index (χ1n) is 14.5. The Morgan fingerprint density at radius 2 is 1.71 bits per heavy atom. The topological polar surface area (TPSA) is 120 Å². The Morgan fingerprint density at radius 3 is 2.40 bits per heavy atom. The minimum atomic E-state index is -3.47. The van der Waals surface area contributed by atoms with Crippen LogP contribution >= 0.6 is 7.49 Å². The molecule has 5 rings (SSSR count). The summed E-state index contributed by atoms with van der Waals surface area (Å²) in [6.07, 6.45) is 5.69. The standard InChI is InChI=1S/C30H42N6O4PS/c1-22(2)42(38,39)29-8-6-5-7-27(29)32-23-19-30(34-31-21-23)33-26-10-9-25(20-28(26)40-3)35-13-11-24(12-14-35)36-15-17-41(4,37)18-16-36/h5-10,19-22,24,37H,11-18H2,1-4H3,(H2,32,33,34). The van der Waals surface area contributed by atoms with E-state index in [1.54, 1.807) is 57.5 Å². The number of hydrogen-bond acceptors (Lipinski definition) is 10. The van der Waals surface area contributed by atoms with Gasteiger partial charge in [0.2, 0.25) is 0 Å². The van der Waals surface area contributed by atoms with Gasteiger partial charge in [0.05, 0.1) is 40.5 Å². The molecule has 2 aromatic carbocycles. The van der Waals surface area contributed by atoms with E-state index >= 15 is 0 Å². The second-order valence-electron chi connectivity index (χ2n) is 11.6. The molecule has 3 heterocycles. The Kier molecular flexibility index (Phi) is 9.23. The van der Waals surface area contributed by atoms with Crippen LogP contribution in [-0.4, -0.2) is 92.0 Å². The van der Waals surface area contributed by atoms with Gasteiger partial charge in [-0.25, -0.2) is 8.42 Å². The van der Waals surface area contributed by atoms with Crippen LogP contribution in [-0.2, 0) is 9.84 Å². The third-order valence-electron chi connectivity index (χ3n) is 8.28. The Labute approximate surface area is 249 Å². The molecule has 0 unspecified atom stereocenters. The van der Waals surface area contributed by atoms with Crippen molar-refractivity contribution in [3.63, 3.8) is 0 Å². The quantitative estimate of drug-likeness (QED) is 0.285. The molecule has 2 saturated heterocycles. The van der Waals surface area contributed by atoms with E-state index in [2.05, 4.69) is 43.4 Å². The lowest BCUT2D eigenvalue weighted by molar-refractivity contribution is 0.180. The summed E-state index contributed by atoms with van der Waals surface area (Å²) in [7, 11) is -3.47. The van der Waals surface area contributed by atoms with E-state index in [1.165, 1.54) is 0 Å². The molecule has 2 fully saturated rings. The number of sulfone groups is 1. The molecule has 0 bridgehead atoms. The van der Waals surface area contributed by atoms with Crippen LogP contribution in [0.4, 0.5) is 28.6 Å². The van der Waals surface area contributed by atoms with Crippen molar-refractivity contribution in [3.8, 4) is 5.75 Å². The Balaban J connectivity index is 1.25. The van der Waals surface area contributed by atoms with Gasteiger partial charge in [-0.3, -0.25) is 4.90 Å². The number of aromatic nitrogens is 2. The van der Waals surface area contributed by atoms with Gasteiger partial charge < -0.3 is 25.2 Å². The van der Waals surface area contributed by atoms with E-state index in [9.17, 15) is 13.3 Å². The third kappa shape index (κ3) is 6.97. The first-order chi connectivity index (χ1) is 20.1. The fourth-order valence-corrected chi connectivity index (χ4v) is 8.41. The van der Waals surface area contributed by atoms with E-state index < -0.39 is 22.6 Å². The maximum absolute atomic E-state index is 12.9. The summed E-state index contributed by atoms with van der Waals surface area (Å²) in [6.45, 7) is 9.40. The van der Waals surface area contributed by atoms with Crippen LogP contribution in [0.1, 0.15) is 26.7 Å². The molecule has 0 atom stereocenters. The predicted molar refractivity (Wildman–Crippen MR) is 172 cm³/mol. The average Bonchev–Trinajstić information content (AvgIpc) is 2.98. The van der Waals surface area contributed by atoms with Crippen molar-refractivity contribution in [1.29, 1.82) is 0 Å². The number of ether oxygens (including phenoxy) is 1. The molecule has 12 heteroatoms. The molecular weight excluding hydrogens is 571 g/mol. The van der Waals surface area contributed by atoms with Crippen molar-refractivity contribution in [1.82, 2.24) is 15.1 Å². The number of nitrogens with zero attached hydrogens (tertiary/aromatic N) is 4. The third-order valence-corrected chi connectivity index (χ3v) is 12.8. The largest absolute Gasteiger partial charge is 0.494 e. The molecule has 0 aliphatic carbocycles. The number of hydrogen-bond donors (Lipinski definition) is 3. The predicted octanol–water partition coefficient (Wildman–Crippen LogP) is 4.99. The lowest BCUT2D eigenvalue weighted by Crippen LogP contribution is -2.49. The van der Waals surface area contributed by atoms with Crippen molar-refractivity contribution >= 4 is 45.9 Å². The minimum Gasteiger partial charge on any atom is -0.494 e. The van der Waals surface area contributed by atoms with E-state index in [1.807, 2.05) is 12.1 Å². The summed E-state index contributed by atoms with van der Waals surface area (Å²) in [5, 5.41) is 14.3. The molecule has 0 spiro atoms. The van der Waals surface area contributed by atoms with Crippen molar-refractivity contribution < 1.29 is 18.0 Å². The van der Waals surface area contributed by atoms with Crippen molar-refractivity contribution in [2.24, 2.45) is 0 Å². The van der Waals surface area contributed by atoms with Gasteiger partial charge in [0.1, 0.15) is 5.75 Å². The van der Waals surface area contributed by atoms with Gasteiger partial charge in [0.25, 0.3) is 0 Å². The fraction of sp³-hybridized carbons (Fsp3) is 0.467. The van der Waals surface area contributed by atoms with E-state index in [0.29, 0.717) is 29.0 Å². The number of anilines is 5. The Hall–Kier alpha value is -2.98. The zero-order valence-electron chi connectivity index (χ0n) is 24.8. The highest BCUT2D eigenvalue weighted by atomic mass is 32.2. The van der Waals surface area contributed by atoms with Crippen LogP contribution in [0.3, 0.4) is 0 Å². The maximum atomic E-state index is 12.9. The lowest BCUT2D eigenvalue weighted by atomic mass is 10.0. The van der Waals surface area contributed by atoms with E-state index in [0.717, 1.165) is 62.7 Å². The first kappa shape index (κ1) is 30.5. The van der Waals surface area contributed by atoms with Crippen LogP contribution in [0.2, 0.25) is 0 Å². The maximum Gasteiger partial charge on any atom is 0.182 e. The fourth-order valence-electron chi connectivity index (χ4n) is 5.61. The summed E-state index contributed by atoms with van der Waals surface area (Å²) >= 11 is 0. The van der Waals surface area contributed by atoms with E-state index in [-0.39, 0.29) is 4.90 Å². The normalized spacial score (nSPS) is 18.2. The number of rotatable bonds is 9. The summed E-state index contributed by atoms with van der Waals surface area (Å²) in [6, 6.07) is 15.4. The molecule has 2 aliphatic heterocycles. The highest BCUT2D eigenvalue weighted by molar-refractivity contribution is 7.92. The second-order valence-corrected chi connectivity index (χ2v) is 17.6. The number of methoxy groups -OCH3 is 1. The second kappa shape index (κ2) is 12.7. The smallest absolute Gasteiger partial charge is 0.182 e. The zero-order valence-corrected chi connectivity index (χ0v) is 26.5. The first-order valence-corrected chi connectivity index (χ1v) is 18.6. The highest BCUT2D eigenvalue weighted by Gasteiger charge is 2.31. The Bertz CT molecular complexity index is 1480.